The van der Waals surface area contributed by atoms with Gasteiger partial charge in [0.25, 0.3) is 0 Å². The topological polar surface area (TPSA) is 620 Å². The SMILES string of the molecule is CC(=O)N[C@H]1[C@H](OCCCCC(=O)NCCCNC(=O)CCOCC(COCCC(=O)NCCCNC(=O)CCCCO[C@@H]2O[C@H](COC(C)=O)[C@H](OC(C)=O)[C@H](OC(C)=O)[C@H]2NC(C)=O)(COCCC(=O)NCCCNC(=O)CCCCO[C@@H]2O[C@H](COC(C)=O)[C@H](OC(C)=O)[C@H](OC(C)=O)[C@H]2NC(C)=O)NC(=O)OCc2ccccc2)O[C@H](COC(C)=O)[C@H](OC(C)=O)[C@@H]1OC(C)=O. The fourth-order valence-electron chi connectivity index (χ4n) is 13.7. The molecule has 4 rings (SSSR count). The van der Waals surface area contributed by atoms with Gasteiger partial charge >= 0.3 is 59.8 Å². The zero-order valence-corrected chi connectivity index (χ0v) is 78.6. The third-order valence-electron chi connectivity index (χ3n) is 19.6. The minimum atomic E-state index is -1.61. The van der Waals surface area contributed by atoms with Crippen molar-refractivity contribution in [3.05, 3.63) is 35.9 Å². The third kappa shape index (κ3) is 49.6. The van der Waals surface area contributed by atoms with Crippen LogP contribution in [0.2, 0.25) is 0 Å². The number of ether oxygens (including phenoxy) is 19. The number of amides is 10. The van der Waals surface area contributed by atoms with Gasteiger partial charge in [-0.05, 0) is 63.4 Å². The zero-order valence-electron chi connectivity index (χ0n) is 78.6. The molecule has 10 amide bonds. The van der Waals surface area contributed by atoms with Crippen molar-refractivity contribution < 1.29 is 181 Å². The van der Waals surface area contributed by atoms with E-state index in [1.165, 1.54) is 20.8 Å². The summed E-state index contributed by atoms with van der Waals surface area (Å²) >= 11 is 0. The number of alkyl carbamates (subject to hydrolysis) is 1. The van der Waals surface area contributed by atoms with Gasteiger partial charge < -0.3 is 143 Å². The van der Waals surface area contributed by atoms with Gasteiger partial charge in [-0.3, -0.25) is 86.3 Å². The van der Waals surface area contributed by atoms with Crippen molar-refractivity contribution in [2.75, 3.05) is 119 Å². The van der Waals surface area contributed by atoms with Crippen LogP contribution in [0.15, 0.2) is 30.3 Å². The monoisotopic (exact) mass is 1930 g/mol. The Morgan fingerprint density at radius 3 is 0.807 bits per heavy atom. The van der Waals surface area contributed by atoms with Crippen molar-refractivity contribution in [3.8, 4) is 0 Å². The lowest BCUT2D eigenvalue weighted by molar-refractivity contribution is -0.277. The fraction of sp³-hybridized carbons (Fsp3) is 0.713. The Hall–Kier alpha value is -11.4. The number of benzene rings is 1. The molecule has 1 aromatic carbocycles. The maximum atomic E-state index is 13.8. The van der Waals surface area contributed by atoms with Crippen LogP contribution in [0, 0.1) is 0 Å². The van der Waals surface area contributed by atoms with E-state index in [2.05, 4.69) is 53.2 Å². The molecule has 1 aromatic rings. The second-order valence-electron chi connectivity index (χ2n) is 31.7. The molecular weight excluding hydrogens is 1790 g/mol. The minimum Gasteiger partial charge on any atom is -0.463 e. The normalized spacial score (nSPS) is 21.1. The van der Waals surface area contributed by atoms with Crippen LogP contribution in [0.4, 0.5) is 4.79 Å². The largest absolute Gasteiger partial charge is 0.463 e. The summed E-state index contributed by atoms with van der Waals surface area (Å²) in [6.45, 7) is 11.5. The lowest BCUT2D eigenvalue weighted by atomic mass is 9.96. The van der Waals surface area contributed by atoms with Crippen LogP contribution in [0.25, 0.3) is 0 Å². The first-order valence-corrected chi connectivity index (χ1v) is 44.6. The lowest BCUT2D eigenvalue weighted by Gasteiger charge is -2.44. The van der Waals surface area contributed by atoms with E-state index in [1.54, 1.807) is 30.3 Å². The molecule has 0 bridgehead atoms. The number of hydrogen-bond acceptors (Lipinski definition) is 38. The van der Waals surface area contributed by atoms with Crippen molar-refractivity contribution >= 4 is 113 Å². The van der Waals surface area contributed by atoms with Gasteiger partial charge in [-0.15, -0.1) is 0 Å². The minimum absolute atomic E-state index is 0.0166. The highest BCUT2D eigenvalue weighted by molar-refractivity contribution is 5.80. The molecule has 0 saturated carbocycles. The molecular formula is C87H134N10O38. The third-order valence-corrected chi connectivity index (χ3v) is 19.6. The molecule has 0 spiro atoms. The van der Waals surface area contributed by atoms with E-state index in [0.717, 1.165) is 62.3 Å². The van der Waals surface area contributed by atoms with Crippen molar-refractivity contribution in [2.24, 2.45) is 0 Å². The summed E-state index contributed by atoms with van der Waals surface area (Å²) in [5.41, 5.74) is -0.966. The van der Waals surface area contributed by atoms with Gasteiger partial charge in [-0.25, -0.2) is 4.79 Å². The number of carbonyl (C=O) groups excluding carboxylic acids is 19. The van der Waals surface area contributed by atoms with Gasteiger partial charge in [0.1, 0.15) is 68.4 Å². The molecule has 3 aliphatic heterocycles. The Bertz CT molecular complexity index is 3630. The van der Waals surface area contributed by atoms with E-state index in [1.807, 2.05) is 0 Å². The van der Waals surface area contributed by atoms with Crippen LogP contribution >= 0.6 is 0 Å². The Labute approximate surface area is 782 Å². The maximum absolute atomic E-state index is 13.8. The maximum Gasteiger partial charge on any atom is 0.408 e. The van der Waals surface area contributed by atoms with Crippen LogP contribution in [0.1, 0.15) is 185 Å². The summed E-state index contributed by atoms with van der Waals surface area (Å²) in [6.07, 6.45) is -13.7. The summed E-state index contributed by atoms with van der Waals surface area (Å²) < 4.78 is 108. The van der Waals surface area contributed by atoms with Gasteiger partial charge in [0.15, 0.2) is 55.5 Å². The van der Waals surface area contributed by atoms with E-state index < -0.39 is 213 Å². The number of esters is 9. The van der Waals surface area contributed by atoms with E-state index in [-0.39, 0.29) is 162 Å². The molecule has 3 saturated heterocycles. The first-order chi connectivity index (χ1) is 64.2. The summed E-state index contributed by atoms with van der Waals surface area (Å²) in [6, 6.07) is 5.22. The predicted molar refractivity (Wildman–Crippen MR) is 462 cm³/mol. The molecule has 48 heteroatoms. The lowest BCUT2D eigenvalue weighted by Crippen LogP contribution is -2.66. The number of rotatable bonds is 63. The van der Waals surface area contributed by atoms with E-state index in [4.69, 9.17) is 90.0 Å². The van der Waals surface area contributed by atoms with Crippen LogP contribution in [0.5, 0.6) is 0 Å². The Morgan fingerprint density at radius 2 is 0.556 bits per heavy atom. The van der Waals surface area contributed by atoms with Crippen LogP contribution in [0.3, 0.4) is 0 Å². The summed E-state index contributed by atoms with van der Waals surface area (Å²) in [4.78, 5) is 237. The Kier molecular flexibility index (Phi) is 55.4. The van der Waals surface area contributed by atoms with Crippen molar-refractivity contribution in [2.45, 2.75) is 283 Å². The molecule has 3 aliphatic rings. The highest BCUT2D eigenvalue weighted by Gasteiger charge is 2.55. The quantitative estimate of drug-likeness (QED) is 0.0218. The van der Waals surface area contributed by atoms with E-state index >= 15 is 0 Å². The molecule has 15 atom stereocenters. The second kappa shape index (κ2) is 64.5. The number of hydrogen-bond donors (Lipinski definition) is 10. The number of unbranched alkanes of at least 4 members (excludes halogenated alkanes) is 3. The van der Waals surface area contributed by atoms with Crippen LogP contribution in [-0.2, 0) is 183 Å². The Balaban J connectivity index is 1.33. The van der Waals surface area contributed by atoms with Crippen molar-refractivity contribution in [1.29, 1.82) is 0 Å². The smallest absolute Gasteiger partial charge is 0.408 e. The number of carbonyl (C=O) groups is 19. The summed E-state index contributed by atoms with van der Waals surface area (Å²) in [5.74, 6) is -10.6. The molecule has 3 heterocycles. The zero-order chi connectivity index (χ0) is 99.8. The average Bonchev–Trinajstić information content (AvgIpc) is 0.794. The summed E-state index contributed by atoms with van der Waals surface area (Å²) in [7, 11) is 0. The Morgan fingerprint density at radius 1 is 0.296 bits per heavy atom. The first kappa shape index (κ1) is 116. The fourth-order valence-corrected chi connectivity index (χ4v) is 13.7. The van der Waals surface area contributed by atoms with Gasteiger partial charge in [0.2, 0.25) is 53.2 Å². The van der Waals surface area contributed by atoms with E-state index in [0.29, 0.717) is 63.4 Å². The first-order valence-electron chi connectivity index (χ1n) is 44.6. The second-order valence-corrected chi connectivity index (χ2v) is 31.7. The summed E-state index contributed by atoms with van der Waals surface area (Å²) in [5, 5.41) is 27.3. The molecule has 10 N–H and O–H groups in total. The van der Waals surface area contributed by atoms with Crippen molar-refractivity contribution in [1.82, 2.24) is 53.2 Å². The highest BCUT2D eigenvalue weighted by Crippen LogP contribution is 2.32. The standard InChI is InChI=1S/C87H134N10O38/c1-52(98)94-74-80(130-61(10)107)77(127-58(7)104)65(46-123-55(4)101)133-83(74)120-39-19-16-27-68(110)88-33-22-36-91-71(113)30-42-117-49-87(97-86(116)126-45-64-25-14-13-15-26-64,50-118-43-31-72(114)92-37-23-34-89-69(111)28-17-20-40-121-84-75(95-53(2)99)81(131-62(11)108)78(128-59(8)105)66(134-84)47-124-56(5)102)51-119-44-32-73(115)93-38-24-35-90-70(112)29-18-21-41-122-85-76(96-54(3)100)82(132-63(12)109)79(129-60(9)106)67(135-85)48-125-57(6)103/h13-15,25-26,65-67,74-85H,16-24,27-51H2,1-12H3,(H,88,110)(H,89,111)(H,90,112)(H,91,113)(H,92,114)(H,93,115)(H,94,98)(H,95,99)(H,96,100)(H,97,116)/t65-,66-,67-,74-,75-,76-,77+,78+,79+,80-,81-,82-,83-,84-,85-/m1/s1. The molecule has 3 fully saturated rings. The van der Waals surface area contributed by atoms with Gasteiger partial charge in [-0.1, -0.05) is 30.3 Å². The molecule has 0 aromatic heterocycles. The van der Waals surface area contributed by atoms with E-state index in [9.17, 15) is 91.1 Å². The molecule has 0 aliphatic carbocycles. The van der Waals surface area contributed by atoms with Crippen LogP contribution in [-0.4, -0.2) is 329 Å². The molecule has 135 heavy (non-hydrogen) atoms. The van der Waals surface area contributed by atoms with Crippen LogP contribution < -0.4 is 53.2 Å². The predicted octanol–water partition coefficient (Wildman–Crippen LogP) is -0.732. The van der Waals surface area contributed by atoms with Gasteiger partial charge in [0.05, 0.1) is 39.6 Å². The molecule has 0 unspecified atom stereocenters. The highest BCUT2D eigenvalue weighted by atomic mass is 16.7. The van der Waals surface area contributed by atoms with Gasteiger partial charge in [0, 0.05) is 181 Å². The molecule has 0 radical (unpaired) electrons. The van der Waals surface area contributed by atoms with Gasteiger partial charge in [-0.2, -0.15) is 0 Å². The molecule has 760 valence electrons. The average molecular weight is 1930 g/mol. The van der Waals surface area contributed by atoms with Crippen molar-refractivity contribution in [3.63, 3.8) is 0 Å². The number of nitrogens with one attached hydrogen (secondary N) is 10. The molecule has 48 nitrogen and oxygen atoms in total.